The molecule has 0 amide bonds. The number of nitrogens with one attached hydrogen (secondary N) is 1. The summed E-state index contributed by atoms with van der Waals surface area (Å²) in [5.41, 5.74) is -0.103. The van der Waals surface area contributed by atoms with Crippen LogP contribution in [-0.2, 0) is 4.74 Å². The molecular weight excluding hydrogens is 226 g/mol. The maximum absolute atomic E-state index is 9.77. The summed E-state index contributed by atoms with van der Waals surface area (Å²) in [5.74, 6) is 0.552. The van der Waals surface area contributed by atoms with Gasteiger partial charge in [-0.3, -0.25) is 0 Å². The van der Waals surface area contributed by atoms with Gasteiger partial charge in [0.15, 0.2) is 0 Å². The summed E-state index contributed by atoms with van der Waals surface area (Å²) in [6.45, 7) is 10.5. The van der Waals surface area contributed by atoms with Crippen LogP contribution >= 0.6 is 0 Å². The molecule has 0 saturated heterocycles. The average molecular weight is 257 g/mol. The highest BCUT2D eigenvalue weighted by Gasteiger charge is 2.41. The minimum atomic E-state index is -0.0582. The molecule has 0 spiro atoms. The van der Waals surface area contributed by atoms with Crippen LogP contribution < -0.4 is 5.32 Å². The van der Waals surface area contributed by atoms with Crippen molar-refractivity contribution in [2.45, 2.75) is 70.9 Å². The van der Waals surface area contributed by atoms with Crippen LogP contribution in [0.5, 0.6) is 0 Å². The number of hydrogen-bond acceptors (Lipinski definition) is 3. The normalized spacial score (nSPS) is 28.8. The number of hydrogen-bond donors (Lipinski definition) is 2. The molecule has 0 aromatic carbocycles. The fraction of sp³-hybridized carbons (Fsp3) is 1.00. The van der Waals surface area contributed by atoms with Crippen molar-refractivity contribution in [1.82, 2.24) is 5.32 Å². The highest BCUT2D eigenvalue weighted by Crippen LogP contribution is 2.37. The molecule has 3 heteroatoms. The third kappa shape index (κ3) is 4.52. The van der Waals surface area contributed by atoms with Gasteiger partial charge in [0.25, 0.3) is 0 Å². The van der Waals surface area contributed by atoms with Gasteiger partial charge in [-0.1, -0.05) is 13.3 Å². The number of rotatable bonds is 7. The summed E-state index contributed by atoms with van der Waals surface area (Å²) >= 11 is 0. The van der Waals surface area contributed by atoms with Crippen LogP contribution in [0, 0.1) is 5.92 Å². The second-order valence-electron chi connectivity index (χ2n) is 6.58. The van der Waals surface area contributed by atoms with Crippen LogP contribution in [0.15, 0.2) is 0 Å². The fourth-order valence-electron chi connectivity index (χ4n) is 2.94. The van der Waals surface area contributed by atoms with E-state index in [1.807, 2.05) is 0 Å². The van der Waals surface area contributed by atoms with E-state index in [-0.39, 0.29) is 17.7 Å². The Balaban J connectivity index is 2.46. The van der Waals surface area contributed by atoms with Gasteiger partial charge in [0.1, 0.15) is 0 Å². The number of aliphatic hydroxyl groups excluding tert-OH is 1. The molecule has 0 radical (unpaired) electrons. The van der Waals surface area contributed by atoms with Gasteiger partial charge in [-0.25, -0.2) is 0 Å². The van der Waals surface area contributed by atoms with Gasteiger partial charge in [-0.05, 0) is 58.9 Å². The minimum Gasteiger partial charge on any atom is -0.394 e. The Labute approximate surface area is 112 Å². The van der Waals surface area contributed by atoms with Crippen molar-refractivity contribution in [2.24, 2.45) is 5.92 Å². The van der Waals surface area contributed by atoms with E-state index in [1.54, 1.807) is 0 Å². The molecule has 1 rings (SSSR count). The molecule has 1 aliphatic rings. The summed E-state index contributed by atoms with van der Waals surface area (Å²) in [5, 5.41) is 13.4. The zero-order valence-electron chi connectivity index (χ0n) is 12.6. The topological polar surface area (TPSA) is 41.5 Å². The van der Waals surface area contributed by atoms with E-state index in [0.29, 0.717) is 5.92 Å². The van der Waals surface area contributed by atoms with Crippen LogP contribution in [0.3, 0.4) is 0 Å². The van der Waals surface area contributed by atoms with Gasteiger partial charge < -0.3 is 15.2 Å². The smallest absolute Gasteiger partial charge is 0.0616 e. The Kier molecular flexibility index (Phi) is 6.09. The Morgan fingerprint density at radius 3 is 2.67 bits per heavy atom. The molecule has 0 heterocycles. The van der Waals surface area contributed by atoms with Crippen molar-refractivity contribution >= 4 is 0 Å². The molecule has 0 aromatic heterocycles. The van der Waals surface area contributed by atoms with E-state index >= 15 is 0 Å². The predicted octanol–water partition coefficient (Wildman–Crippen LogP) is 2.72. The Morgan fingerprint density at radius 1 is 1.39 bits per heavy atom. The molecule has 0 aliphatic heterocycles. The highest BCUT2D eigenvalue weighted by molar-refractivity contribution is 4.98. The van der Waals surface area contributed by atoms with E-state index in [2.05, 4.69) is 33.0 Å². The van der Waals surface area contributed by atoms with Crippen molar-refractivity contribution in [1.29, 1.82) is 0 Å². The number of aliphatic hydroxyl groups is 1. The second-order valence-corrected chi connectivity index (χ2v) is 6.58. The lowest BCUT2D eigenvalue weighted by molar-refractivity contribution is -0.0159. The summed E-state index contributed by atoms with van der Waals surface area (Å²) in [6, 6.07) is 0. The van der Waals surface area contributed by atoms with Gasteiger partial charge >= 0.3 is 0 Å². The lowest BCUT2D eigenvalue weighted by Gasteiger charge is -2.35. The van der Waals surface area contributed by atoms with Gasteiger partial charge in [-0.2, -0.15) is 0 Å². The Hall–Kier alpha value is -0.120. The standard InChI is InChI=1S/C15H31NO2/c1-5-10-16-15(12-17)9-6-7-13(15)8-11-18-14(2,3)4/h13,16-17H,5-12H2,1-4H3. The van der Waals surface area contributed by atoms with E-state index in [0.717, 1.165) is 32.4 Å². The molecule has 3 nitrogen and oxygen atoms in total. The van der Waals surface area contributed by atoms with Crippen LogP contribution in [0.25, 0.3) is 0 Å². The number of ether oxygens (including phenoxy) is 1. The fourth-order valence-corrected chi connectivity index (χ4v) is 2.94. The first-order chi connectivity index (χ1) is 8.43. The van der Waals surface area contributed by atoms with Gasteiger partial charge in [-0.15, -0.1) is 0 Å². The summed E-state index contributed by atoms with van der Waals surface area (Å²) in [4.78, 5) is 0. The third-order valence-corrected chi connectivity index (χ3v) is 3.97. The van der Waals surface area contributed by atoms with Gasteiger partial charge in [0, 0.05) is 12.1 Å². The Morgan fingerprint density at radius 2 is 2.11 bits per heavy atom. The SMILES string of the molecule is CCCNC1(CO)CCCC1CCOC(C)(C)C. The first kappa shape index (κ1) is 15.9. The van der Waals surface area contributed by atoms with Crippen LogP contribution in [0.1, 0.15) is 59.8 Å². The first-order valence-corrected chi connectivity index (χ1v) is 7.43. The van der Waals surface area contributed by atoms with E-state index in [1.165, 1.54) is 12.8 Å². The zero-order chi connectivity index (χ0) is 13.6. The van der Waals surface area contributed by atoms with Crippen molar-refractivity contribution in [3.05, 3.63) is 0 Å². The van der Waals surface area contributed by atoms with Crippen LogP contribution in [-0.4, -0.2) is 36.0 Å². The maximum Gasteiger partial charge on any atom is 0.0616 e. The summed E-state index contributed by atoms with van der Waals surface area (Å²) < 4.78 is 5.82. The van der Waals surface area contributed by atoms with E-state index in [4.69, 9.17) is 4.74 Å². The molecular formula is C15H31NO2. The maximum atomic E-state index is 9.77. The summed E-state index contributed by atoms with van der Waals surface area (Å²) in [7, 11) is 0. The molecule has 1 aliphatic carbocycles. The molecule has 2 N–H and O–H groups in total. The monoisotopic (exact) mass is 257 g/mol. The lowest BCUT2D eigenvalue weighted by atomic mass is 9.85. The summed E-state index contributed by atoms with van der Waals surface area (Å²) in [6.07, 6.45) is 5.70. The average Bonchev–Trinajstić information content (AvgIpc) is 2.69. The largest absolute Gasteiger partial charge is 0.394 e. The van der Waals surface area contributed by atoms with Crippen molar-refractivity contribution in [2.75, 3.05) is 19.8 Å². The van der Waals surface area contributed by atoms with Crippen molar-refractivity contribution < 1.29 is 9.84 Å². The predicted molar refractivity (Wildman–Crippen MR) is 75.8 cm³/mol. The Bertz CT molecular complexity index is 237. The zero-order valence-corrected chi connectivity index (χ0v) is 12.6. The van der Waals surface area contributed by atoms with Gasteiger partial charge in [0.2, 0.25) is 0 Å². The first-order valence-electron chi connectivity index (χ1n) is 7.43. The lowest BCUT2D eigenvalue weighted by Crippen LogP contribution is -2.52. The highest BCUT2D eigenvalue weighted by atomic mass is 16.5. The molecule has 1 fully saturated rings. The second kappa shape index (κ2) is 6.88. The molecule has 2 atom stereocenters. The molecule has 18 heavy (non-hydrogen) atoms. The van der Waals surface area contributed by atoms with Crippen LogP contribution in [0.4, 0.5) is 0 Å². The van der Waals surface area contributed by atoms with Crippen molar-refractivity contribution in [3.63, 3.8) is 0 Å². The quantitative estimate of drug-likeness (QED) is 0.737. The molecule has 2 unspecified atom stereocenters. The molecule has 0 bridgehead atoms. The van der Waals surface area contributed by atoms with E-state index < -0.39 is 0 Å². The molecule has 0 aromatic rings. The molecule has 1 saturated carbocycles. The third-order valence-electron chi connectivity index (χ3n) is 3.97. The van der Waals surface area contributed by atoms with Crippen molar-refractivity contribution in [3.8, 4) is 0 Å². The minimum absolute atomic E-state index is 0.0444. The van der Waals surface area contributed by atoms with E-state index in [9.17, 15) is 5.11 Å². The molecule has 108 valence electrons. The van der Waals surface area contributed by atoms with Crippen LogP contribution in [0.2, 0.25) is 0 Å². The van der Waals surface area contributed by atoms with Gasteiger partial charge in [0.05, 0.1) is 12.2 Å².